The zero-order valence-electron chi connectivity index (χ0n) is 18.2. The molecule has 0 aliphatic carbocycles. The molecule has 8 heteroatoms. The summed E-state index contributed by atoms with van der Waals surface area (Å²) in [6.07, 6.45) is 1.60. The maximum Gasteiger partial charge on any atom is 0.289 e. The summed E-state index contributed by atoms with van der Waals surface area (Å²) in [7, 11) is 3.16. The molecule has 8 nitrogen and oxygen atoms in total. The number of aromatic amines is 1. The molecule has 1 heterocycles. The topological polar surface area (TPSA) is 91.8 Å². The van der Waals surface area contributed by atoms with Crippen molar-refractivity contribution < 1.29 is 14.3 Å². The Bertz CT molecular complexity index is 1040. The number of anilines is 1. The van der Waals surface area contributed by atoms with Crippen LogP contribution in [0.25, 0.3) is 11.3 Å². The molecule has 0 bridgehead atoms. The second-order valence-corrected chi connectivity index (χ2v) is 6.70. The van der Waals surface area contributed by atoms with Crippen molar-refractivity contribution in [3.63, 3.8) is 0 Å². The van der Waals surface area contributed by atoms with E-state index in [9.17, 15) is 4.79 Å². The lowest BCUT2D eigenvalue weighted by molar-refractivity contribution is 0.0950. The normalized spacial score (nSPS) is 10.8. The second kappa shape index (κ2) is 10.3. The van der Waals surface area contributed by atoms with E-state index in [0.717, 1.165) is 29.9 Å². The molecule has 0 saturated carbocycles. The molecule has 1 aromatic heterocycles. The van der Waals surface area contributed by atoms with E-state index in [1.165, 1.54) is 0 Å². The molecule has 0 aliphatic heterocycles. The number of hydrogen-bond donors (Lipinski definition) is 2. The van der Waals surface area contributed by atoms with Crippen LogP contribution in [0.4, 0.5) is 5.69 Å². The van der Waals surface area contributed by atoms with Gasteiger partial charge in [-0.05, 0) is 49.7 Å². The number of nitrogens with zero attached hydrogens (tertiary/aromatic N) is 3. The number of hydrogen-bond acceptors (Lipinski definition) is 6. The summed E-state index contributed by atoms with van der Waals surface area (Å²) < 4.78 is 10.6. The highest BCUT2D eigenvalue weighted by Gasteiger charge is 2.14. The minimum absolute atomic E-state index is 0.293. The number of hydrazone groups is 1. The van der Waals surface area contributed by atoms with Crippen molar-refractivity contribution in [1.29, 1.82) is 0 Å². The number of carbonyl (C=O) groups is 1. The molecule has 0 radical (unpaired) electrons. The van der Waals surface area contributed by atoms with Gasteiger partial charge in [-0.3, -0.25) is 9.89 Å². The van der Waals surface area contributed by atoms with Gasteiger partial charge < -0.3 is 14.4 Å². The summed E-state index contributed by atoms with van der Waals surface area (Å²) in [5.74, 6) is 0.889. The molecular weight excluding hydrogens is 394 g/mol. The molecule has 0 unspecified atom stereocenters. The van der Waals surface area contributed by atoms with Gasteiger partial charge in [0, 0.05) is 30.4 Å². The third-order valence-corrected chi connectivity index (χ3v) is 4.91. The Balaban J connectivity index is 1.65. The quantitative estimate of drug-likeness (QED) is 0.406. The highest BCUT2D eigenvalue weighted by molar-refractivity contribution is 5.94. The number of benzene rings is 2. The van der Waals surface area contributed by atoms with E-state index < -0.39 is 0 Å². The van der Waals surface area contributed by atoms with Crippen LogP contribution in [0.3, 0.4) is 0 Å². The van der Waals surface area contributed by atoms with Gasteiger partial charge in [-0.25, -0.2) is 5.43 Å². The summed E-state index contributed by atoms with van der Waals surface area (Å²) >= 11 is 0. The average Bonchev–Trinajstić information content (AvgIpc) is 3.30. The van der Waals surface area contributed by atoms with Gasteiger partial charge in [-0.15, -0.1) is 0 Å². The molecule has 0 atom stereocenters. The van der Waals surface area contributed by atoms with Crippen LogP contribution < -0.4 is 19.8 Å². The number of H-pyrrole nitrogens is 1. The van der Waals surface area contributed by atoms with Gasteiger partial charge in [0.2, 0.25) is 0 Å². The van der Waals surface area contributed by atoms with Crippen LogP contribution in [0.5, 0.6) is 11.5 Å². The predicted molar refractivity (Wildman–Crippen MR) is 122 cm³/mol. The fourth-order valence-electron chi connectivity index (χ4n) is 3.17. The largest absolute Gasteiger partial charge is 0.497 e. The lowest BCUT2D eigenvalue weighted by Gasteiger charge is -2.20. The smallest absolute Gasteiger partial charge is 0.289 e. The fourth-order valence-corrected chi connectivity index (χ4v) is 3.17. The Labute approximate surface area is 181 Å². The molecule has 31 heavy (non-hydrogen) atoms. The van der Waals surface area contributed by atoms with Crippen LogP contribution in [0.2, 0.25) is 0 Å². The standard InChI is InChI=1S/C23H27N5O3/c1-5-28(6-2)17-9-7-16(8-10-17)15-24-27-23(29)21-14-20(25-26-21)19-12-11-18(30-3)13-22(19)31-4/h7-15H,5-6H2,1-4H3,(H,25,26)(H,27,29)/b24-15+. The first-order valence-corrected chi connectivity index (χ1v) is 10.1. The minimum atomic E-state index is -0.387. The second-order valence-electron chi connectivity index (χ2n) is 6.70. The van der Waals surface area contributed by atoms with Gasteiger partial charge in [0.15, 0.2) is 0 Å². The van der Waals surface area contributed by atoms with Crippen molar-refractivity contribution in [2.75, 3.05) is 32.2 Å². The van der Waals surface area contributed by atoms with E-state index in [2.05, 4.69) is 39.5 Å². The number of aromatic nitrogens is 2. The number of carbonyl (C=O) groups excluding carboxylic acids is 1. The van der Waals surface area contributed by atoms with E-state index in [-0.39, 0.29) is 5.91 Å². The monoisotopic (exact) mass is 421 g/mol. The molecule has 2 aromatic carbocycles. The molecule has 0 saturated heterocycles. The van der Waals surface area contributed by atoms with Crippen molar-refractivity contribution in [3.8, 4) is 22.8 Å². The van der Waals surface area contributed by atoms with E-state index in [0.29, 0.717) is 22.9 Å². The minimum Gasteiger partial charge on any atom is -0.497 e. The molecule has 162 valence electrons. The Kier molecular flexibility index (Phi) is 7.26. The zero-order chi connectivity index (χ0) is 22.2. The van der Waals surface area contributed by atoms with E-state index >= 15 is 0 Å². The first kappa shape index (κ1) is 21.9. The third-order valence-electron chi connectivity index (χ3n) is 4.91. The van der Waals surface area contributed by atoms with Gasteiger partial charge in [-0.1, -0.05) is 12.1 Å². The van der Waals surface area contributed by atoms with Crippen molar-refractivity contribution >= 4 is 17.8 Å². The Morgan fingerprint density at radius 1 is 1.10 bits per heavy atom. The van der Waals surface area contributed by atoms with Gasteiger partial charge in [0.05, 0.1) is 26.1 Å². The van der Waals surface area contributed by atoms with Gasteiger partial charge in [0.1, 0.15) is 17.2 Å². The van der Waals surface area contributed by atoms with Crippen LogP contribution in [0, 0.1) is 0 Å². The van der Waals surface area contributed by atoms with Crippen LogP contribution in [-0.2, 0) is 0 Å². The Morgan fingerprint density at radius 2 is 1.84 bits per heavy atom. The van der Waals surface area contributed by atoms with Crippen molar-refractivity contribution in [3.05, 3.63) is 59.8 Å². The molecule has 0 aliphatic rings. The van der Waals surface area contributed by atoms with Crippen LogP contribution in [0.1, 0.15) is 29.9 Å². The first-order valence-electron chi connectivity index (χ1n) is 10.1. The molecule has 3 aromatic rings. The maximum absolute atomic E-state index is 12.4. The first-order chi connectivity index (χ1) is 15.1. The fraction of sp³-hybridized carbons (Fsp3) is 0.261. The molecule has 2 N–H and O–H groups in total. The van der Waals surface area contributed by atoms with Gasteiger partial charge in [0.25, 0.3) is 5.91 Å². The van der Waals surface area contributed by atoms with Crippen molar-refractivity contribution in [2.24, 2.45) is 5.10 Å². The molecule has 3 rings (SSSR count). The lowest BCUT2D eigenvalue weighted by atomic mass is 10.1. The number of amides is 1. The molecule has 1 amide bonds. The van der Waals surface area contributed by atoms with Crippen molar-refractivity contribution in [1.82, 2.24) is 15.6 Å². The number of rotatable bonds is 9. The summed E-state index contributed by atoms with van der Waals surface area (Å²) in [4.78, 5) is 14.7. The van der Waals surface area contributed by atoms with Gasteiger partial charge in [-0.2, -0.15) is 10.2 Å². The maximum atomic E-state index is 12.4. The van der Waals surface area contributed by atoms with Crippen LogP contribution >= 0.6 is 0 Å². The average molecular weight is 422 g/mol. The van der Waals surface area contributed by atoms with Crippen molar-refractivity contribution in [2.45, 2.75) is 13.8 Å². The molecular formula is C23H27N5O3. The highest BCUT2D eigenvalue weighted by atomic mass is 16.5. The Hall–Kier alpha value is -3.81. The number of methoxy groups -OCH3 is 2. The zero-order valence-corrected chi connectivity index (χ0v) is 18.2. The summed E-state index contributed by atoms with van der Waals surface area (Å²) in [6, 6.07) is 15.1. The van der Waals surface area contributed by atoms with E-state index in [1.54, 1.807) is 32.6 Å². The summed E-state index contributed by atoms with van der Waals surface area (Å²) in [5.41, 5.74) is 6.19. The SMILES string of the molecule is CCN(CC)c1ccc(/C=N/NC(=O)c2cc(-c3ccc(OC)cc3OC)n[nH]2)cc1. The van der Waals surface area contributed by atoms with Gasteiger partial charge >= 0.3 is 0 Å². The van der Waals surface area contributed by atoms with Crippen LogP contribution in [0.15, 0.2) is 53.6 Å². The number of ether oxygens (including phenoxy) is 2. The van der Waals surface area contributed by atoms with Crippen LogP contribution in [-0.4, -0.2) is 49.6 Å². The third kappa shape index (κ3) is 5.22. The molecule has 0 spiro atoms. The van der Waals surface area contributed by atoms with E-state index in [4.69, 9.17) is 9.47 Å². The number of nitrogens with one attached hydrogen (secondary N) is 2. The lowest BCUT2D eigenvalue weighted by Crippen LogP contribution is -2.21. The molecule has 0 fully saturated rings. The summed E-state index contributed by atoms with van der Waals surface area (Å²) in [6.45, 7) is 6.16. The van der Waals surface area contributed by atoms with E-state index in [1.807, 2.05) is 36.4 Å². The predicted octanol–water partition coefficient (Wildman–Crippen LogP) is 3.70. The summed E-state index contributed by atoms with van der Waals surface area (Å²) in [5, 5.41) is 11.0. The Morgan fingerprint density at radius 3 is 2.48 bits per heavy atom. The highest BCUT2D eigenvalue weighted by Crippen LogP contribution is 2.32.